The first-order valence-corrected chi connectivity index (χ1v) is 5.97. The summed E-state index contributed by atoms with van der Waals surface area (Å²) in [6, 6.07) is 4.34. The Balaban J connectivity index is 3.01. The summed E-state index contributed by atoms with van der Waals surface area (Å²) >= 11 is 0. The second-order valence-corrected chi connectivity index (χ2v) is 4.04. The predicted molar refractivity (Wildman–Crippen MR) is 68.7 cm³/mol. The maximum Gasteiger partial charge on any atom is 0.220 e. The molecule has 0 radical (unpaired) electrons. The lowest BCUT2D eigenvalue weighted by molar-refractivity contribution is -0.122. The number of Topliss-reactive ketones (excluding diaryl/α,β-unsaturated/α-hetero) is 2. The minimum atomic E-state index is -2.13. The standard InChI is InChI=1S/C14H17FO4/c1-4-5-12(16)13(15)14(17)9-6-10(18-2)8-11(7-9)19-3/h6-8,13H,4-5H2,1-3H3. The molecule has 0 aliphatic heterocycles. The van der Waals surface area contributed by atoms with Crippen LogP contribution in [0.25, 0.3) is 0 Å². The van der Waals surface area contributed by atoms with Crippen LogP contribution >= 0.6 is 0 Å². The Bertz CT molecular complexity index is 448. The van der Waals surface area contributed by atoms with Crippen molar-refractivity contribution in [3.05, 3.63) is 23.8 Å². The monoisotopic (exact) mass is 268 g/mol. The van der Waals surface area contributed by atoms with Gasteiger partial charge in [0.1, 0.15) is 11.5 Å². The molecule has 104 valence electrons. The Hall–Kier alpha value is -1.91. The van der Waals surface area contributed by atoms with Crippen molar-refractivity contribution in [2.75, 3.05) is 14.2 Å². The smallest absolute Gasteiger partial charge is 0.220 e. The third kappa shape index (κ3) is 3.77. The van der Waals surface area contributed by atoms with Crippen molar-refractivity contribution in [1.82, 2.24) is 0 Å². The topological polar surface area (TPSA) is 52.6 Å². The van der Waals surface area contributed by atoms with Gasteiger partial charge in [-0.05, 0) is 18.6 Å². The van der Waals surface area contributed by atoms with Crippen LogP contribution in [0.3, 0.4) is 0 Å². The Labute approximate surface area is 111 Å². The van der Waals surface area contributed by atoms with Gasteiger partial charge in [-0.15, -0.1) is 0 Å². The number of rotatable bonds is 7. The zero-order valence-corrected chi connectivity index (χ0v) is 11.2. The first kappa shape index (κ1) is 15.1. The molecule has 0 aliphatic rings. The lowest BCUT2D eigenvalue weighted by Crippen LogP contribution is -2.25. The highest BCUT2D eigenvalue weighted by atomic mass is 19.1. The second kappa shape index (κ2) is 6.87. The quantitative estimate of drug-likeness (QED) is 0.563. The number of hydrogen-bond donors (Lipinski definition) is 0. The molecule has 1 aromatic carbocycles. The summed E-state index contributed by atoms with van der Waals surface area (Å²) in [6.07, 6.45) is -1.57. The van der Waals surface area contributed by atoms with Crippen molar-refractivity contribution < 1.29 is 23.5 Å². The van der Waals surface area contributed by atoms with Gasteiger partial charge in [0.15, 0.2) is 5.78 Å². The van der Waals surface area contributed by atoms with E-state index in [0.29, 0.717) is 17.9 Å². The molecule has 4 nitrogen and oxygen atoms in total. The highest BCUT2D eigenvalue weighted by Gasteiger charge is 2.26. The van der Waals surface area contributed by atoms with E-state index < -0.39 is 17.7 Å². The summed E-state index contributed by atoms with van der Waals surface area (Å²) in [5.41, 5.74) is 0.0631. The van der Waals surface area contributed by atoms with Crippen LogP contribution in [0.5, 0.6) is 11.5 Å². The molecule has 0 aliphatic carbocycles. The fourth-order valence-electron chi connectivity index (χ4n) is 1.62. The van der Waals surface area contributed by atoms with E-state index in [2.05, 4.69) is 0 Å². The van der Waals surface area contributed by atoms with Crippen LogP contribution in [-0.2, 0) is 4.79 Å². The maximum atomic E-state index is 13.8. The van der Waals surface area contributed by atoms with Gasteiger partial charge < -0.3 is 9.47 Å². The number of benzene rings is 1. The summed E-state index contributed by atoms with van der Waals surface area (Å²) in [5.74, 6) is -0.819. The van der Waals surface area contributed by atoms with Gasteiger partial charge in [-0.2, -0.15) is 0 Å². The highest BCUT2D eigenvalue weighted by Crippen LogP contribution is 2.24. The van der Waals surface area contributed by atoms with E-state index in [1.165, 1.54) is 26.4 Å². The zero-order chi connectivity index (χ0) is 14.4. The third-order valence-electron chi connectivity index (χ3n) is 2.65. The molecule has 0 amide bonds. The average molecular weight is 268 g/mol. The van der Waals surface area contributed by atoms with Crippen LogP contribution in [0.15, 0.2) is 18.2 Å². The molecular formula is C14H17FO4. The zero-order valence-electron chi connectivity index (χ0n) is 11.2. The van der Waals surface area contributed by atoms with Gasteiger partial charge in [0, 0.05) is 18.1 Å². The molecule has 19 heavy (non-hydrogen) atoms. The predicted octanol–water partition coefficient (Wildman–Crippen LogP) is 2.59. The molecule has 0 N–H and O–H groups in total. The molecule has 1 rings (SSSR count). The van der Waals surface area contributed by atoms with Crippen LogP contribution in [0.4, 0.5) is 4.39 Å². The Morgan fingerprint density at radius 2 is 1.68 bits per heavy atom. The lowest BCUT2D eigenvalue weighted by Gasteiger charge is -2.09. The van der Waals surface area contributed by atoms with E-state index in [1.54, 1.807) is 13.0 Å². The van der Waals surface area contributed by atoms with Crippen molar-refractivity contribution in [1.29, 1.82) is 0 Å². The van der Waals surface area contributed by atoms with Gasteiger partial charge >= 0.3 is 0 Å². The fourth-order valence-corrected chi connectivity index (χ4v) is 1.62. The molecule has 1 atom stereocenters. The average Bonchev–Trinajstić information content (AvgIpc) is 2.45. The number of carbonyl (C=O) groups excluding carboxylic acids is 2. The molecular weight excluding hydrogens is 251 g/mol. The summed E-state index contributed by atoms with van der Waals surface area (Å²) < 4.78 is 23.7. The number of alkyl halides is 1. The van der Waals surface area contributed by atoms with E-state index in [9.17, 15) is 14.0 Å². The largest absolute Gasteiger partial charge is 0.497 e. The molecule has 0 saturated heterocycles. The van der Waals surface area contributed by atoms with Crippen LogP contribution in [-0.4, -0.2) is 32.0 Å². The summed E-state index contributed by atoms with van der Waals surface area (Å²) in [6.45, 7) is 1.75. The normalized spacial score (nSPS) is 11.8. The van der Waals surface area contributed by atoms with Gasteiger partial charge in [0.2, 0.25) is 12.0 Å². The minimum absolute atomic E-state index is 0.0496. The van der Waals surface area contributed by atoms with Crippen LogP contribution < -0.4 is 9.47 Å². The SMILES string of the molecule is CCCC(=O)C(F)C(=O)c1cc(OC)cc(OC)c1. The third-order valence-corrected chi connectivity index (χ3v) is 2.65. The molecule has 0 saturated carbocycles. The van der Waals surface area contributed by atoms with Gasteiger partial charge in [-0.3, -0.25) is 9.59 Å². The van der Waals surface area contributed by atoms with Gasteiger partial charge in [0.05, 0.1) is 14.2 Å². The Morgan fingerprint density at radius 3 is 2.11 bits per heavy atom. The number of hydrogen-bond acceptors (Lipinski definition) is 4. The van der Waals surface area contributed by atoms with Crippen LogP contribution in [0, 0.1) is 0 Å². The molecule has 1 aromatic rings. The first-order valence-electron chi connectivity index (χ1n) is 5.97. The van der Waals surface area contributed by atoms with Gasteiger partial charge in [0.25, 0.3) is 0 Å². The lowest BCUT2D eigenvalue weighted by atomic mass is 10.0. The molecule has 0 aromatic heterocycles. The molecule has 1 unspecified atom stereocenters. The number of ether oxygens (including phenoxy) is 2. The number of methoxy groups -OCH3 is 2. The van der Waals surface area contributed by atoms with Gasteiger partial charge in [-0.25, -0.2) is 4.39 Å². The van der Waals surface area contributed by atoms with Crippen molar-refractivity contribution >= 4 is 11.6 Å². The second-order valence-electron chi connectivity index (χ2n) is 4.04. The van der Waals surface area contributed by atoms with E-state index in [-0.39, 0.29) is 12.0 Å². The molecule has 0 bridgehead atoms. The van der Waals surface area contributed by atoms with Crippen molar-refractivity contribution in [2.24, 2.45) is 0 Å². The number of ketones is 2. The summed E-state index contributed by atoms with van der Waals surface area (Å²) in [7, 11) is 2.86. The first-order chi connectivity index (χ1) is 9.03. The number of halogens is 1. The highest BCUT2D eigenvalue weighted by molar-refractivity contribution is 6.13. The van der Waals surface area contributed by atoms with E-state index in [1.807, 2.05) is 0 Å². The molecule has 0 heterocycles. The van der Waals surface area contributed by atoms with Crippen molar-refractivity contribution in [3.8, 4) is 11.5 Å². The minimum Gasteiger partial charge on any atom is -0.497 e. The molecule has 5 heteroatoms. The van der Waals surface area contributed by atoms with Crippen LogP contribution in [0.2, 0.25) is 0 Å². The maximum absolute atomic E-state index is 13.8. The summed E-state index contributed by atoms with van der Waals surface area (Å²) in [4.78, 5) is 23.3. The Morgan fingerprint density at radius 1 is 1.16 bits per heavy atom. The van der Waals surface area contributed by atoms with E-state index >= 15 is 0 Å². The van der Waals surface area contributed by atoms with Crippen molar-refractivity contribution in [3.63, 3.8) is 0 Å². The Kier molecular flexibility index (Phi) is 5.48. The van der Waals surface area contributed by atoms with Gasteiger partial charge in [-0.1, -0.05) is 6.92 Å². The van der Waals surface area contributed by atoms with E-state index in [4.69, 9.17) is 9.47 Å². The molecule has 0 fully saturated rings. The summed E-state index contributed by atoms with van der Waals surface area (Å²) in [5, 5.41) is 0. The van der Waals surface area contributed by atoms with E-state index in [0.717, 1.165) is 0 Å². The molecule has 0 spiro atoms. The fraction of sp³-hybridized carbons (Fsp3) is 0.429. The van der Waals surface area contributed by atoms with Crippen molar-refractivity contribution in [2.45, 2.75) is 25.9 Å². The van der Waals surface area contributed by atoms with Crippen LogP contribution in [0.1, 0.15) is 30.1 Å². The number of carbonyl (C=O) groups is 2.